The van der Waals surface area contributed by atoms with Crippen molar-refractivity contribution in [1.29, 1.82) is 0 Å². The SMILES string of the molecule is COc1c(C(F)(F)F)ccnc1CCc1ccccc1. The first kappa shape index (κ1) is 14.4. The highest BCUT2D eigenvalue weighted by Gasteiger charge is 2.35. The molecule has 0 spiro atoms. The molecular weight excluding hydrogens is 267 g/mol. The molecule has 1 aromatic carbocycles. The van der Waals surface area contributed by atoms with Crippen LogP contribution in [0.25, 0.3) is 0 Å². The van der Waals surface area contributed by atoms with Crippen molar-refractivity contribution in [2.45, 2.75) is 19.0 Å². The molecule has 2 nitrogen and oxygen atoms in total. The Hall–Kier alpha value is -2.04. The number of methoxy groups -OCH3 is 1. The maximum absolute atomic E-state index is 12.9. The Kier molecular flexibility index (Phi) is 4.27. The van der Waals surface area contributed by atoms with E-state index in [4.69, 9.17) is 4.74 Å². The second-order valence-corrected chi connectivity index (χ2v) is 4.32. The number of aryl methyl sites for hydroxylation is 2. The Labute approximate surface area is 115 Å². The lowest BCUT2D eigenvalue weighted by Gasteiger charge is -2.14. The van der Waals surface area contributed by atoms with Crippen molar-refractivity contribution >= 4 is 0 Å². The van der Waals surface area contributed by atoms with Crippen LogP contribution in [0, 0.1) is 0 Å². The van der Waals surface area contributed by atoms with Crippen LogP contribution in [0.15, 0.2) is 42.6 Å². The number of nitrogens with zero attached hydrogens (tertiary/aromatic N) is 1. The topological polar surface area (TPSA) is 22.1 Å². The van der Waals surface area contributed by atoms with Crippen molar-refractivity contribution in [2.24, 2.45) is 0 Å². The van der Waals surface area contributed by atoms with E-state index in [1.807, 2.05) is 30.3 Å². The first-order chi connectivity index (χ1) is 9.52. The van der Waals surface area contributed by atoms with Gasteiger partial charge >= 0.3 is 6.18 Å². The van der Waals surface area contributed by atoms with Gasteiger partial charge in [0.15, 0.2) is 5.75 Å². The molecule has 0 unspecified atom stereocenters. The van der Waals surface area contributed by atoms with Gasteiger partial charge in [-0.1, -0.05) is 30.3 Å². The summed E-state index contributed by atoms with van der Waals surface area (Å²) in [6.45, 7) is 0. The summed E-state index contributed by atoms with van der Waals surface area (Å²) < 4.78 is 43.5. The molecule has 0 atom stereocenters. The maximum Gasteiger partial charge on any atom is 0.420 e. The first-order valence-corrected chi connectivity index (χ1v) is 6.15. The quantitative estimate of drug-likeness (QED) is 0.848. The van der Waals surface area contributed by atoms with Gasteiger partial charge in [0.1, 0.15) is 5.56 Å². The molecule has 1 heterocycles. The molecule has 0 N–H and O–H groups in total. The van der Waals surface area contributed by atoms with Crippen LogP contribution in [0.4, 0.5) is 13.2 Å². The monoisotopic (exact) mass is 281 g/mol. The van der Waals surface area contributed by atoms with Crippen LogP contribution in [0.1, 0.15) is 16.8 Å². The van der Waals surface area contributed by atoms with Gasteiger partial charge in [0.05, 0.1) is 12.8 Å². The molecular formula is C15H14F3NO. The number of halogens is 3. The number of benzene rings is 1. The summed E-state index contributed by atoms with van der Waals surface area (Å²) in [5.41, 5.74) is 0.595. The number of hydrogen-bond acceptors (Lipinski definition) is 2. The number of rotatable bonds is 4. The Balaban J connectivity index is 2.24. The minimum absolute atomic E-state index is 0.184. The van der Waals surface area contributed by atoms with Gasteiger partial charge in [0.25, 0.3) is 0 Å². The molecule has 20 heavy (non-hydrogen) atoms. The number of hydrogen-bond donors (Lipinski definition) is 0. The van der Waals surface area contributed by atoms with Crippen LogP contribution < -0.4 is 4.74 Å². The van der Waals surface area contributed by atoms with Crippen LogP contribution in [0.2, 0.25) is 0 Å². The zero-order chi connectivity index (χ0) is 14.6. The van der Waals surface area contributed by atoms with Gasteiger partial charge in [-0.3, -0.25) is 4.98 Å². The highest BCUT2D eigenvalue weighted by atomic mass is 19.4. The number of pyridine rings is 1. The smallest absolute Gasteiger partial charge is 0.420 e. The van der Waals surface area contributed by atoms with Crippen molar-refractivity contribution < 1.29 is 17.9 Å². The highest BCUT2D eigenvalue weighted by molar-refractivity contribution is 5.39. The van der Waals surface area contributed by atoms with Crippen molar-refractivity contribution in [1.82, 2.24) is 4.98 Å². The third-order valence-corrected chi connectivity index (χ3v) is 2.98. The Morgan fingerprint density at radius 3 is 2.35 bits per heavy atom. The number of aromatic nitrogens is 1. The second kappa shape index (κ2) is 5.94. The Morgan fingerprint density at radius 1 is 1.05 bits per heavy atom. The fourth-order valence-electron chi connectivity index (χ4n) is 2.03. The molecule has 2 rings (SSSR count). The summed E-state index contributed by atoms with van der Waals surface area (Å²) >= 11 is 0. The van der Waals surface area contributed by atoms with E-state index in [0.29, 0.717) is 18.5 Å². The zero-order valence-corrected chi connectivity index (χ0v) is 10.9. The van der Waals surface area contributed by atoms with E-state index in [1.54, 1.807) is 0 Å². The molecule has 0 aliphatic carbocycles. The van der Waals surface area contributed by atoms with E-state index in [1.165, 1.54) is 13.3 Å². The van der Waals surface area contributed by atoms with E-state index in [9.17, 15) is 13.2 Å². The standard InChI is InChI=1S/C15H14F3NO/c1-20-14-12(15(16,17)18)9-10-19-13(14)8-7-11-5-3-2-4-6-11/h2-6,9-10H,7-8H2,1H3. The fraction of sp³-hybridized carbons (Fsp3) is 0.267. The summed E-state index contributed by atoms with van der Waals surface area (Å²) in [7, 11) is 1.23. The third-order valence-electron chi connectivity index (χ3n) is 2.98. The first-order valence-electron chi connectivity index (χ1n) is 6.15. The molecule has 0 fully saturated rings. The lowest BCUT2D eigenvalue weighted by Crippen LogP contribution is -2.10. The summed E-state index contributed by atoms with van der Waals surface area (Å²) in [4.78, 5) is 4.01. The molecule has 0 saturated heterocycles. The molecule has 1 aromatic heterocycles. The second-order valence-electron chi connectivity index (χ2n) is 4.32. The van der Waals surface area contributed by atoms with Gasteiger partial charge in [-0.2, -0.15) is 13.2 Å². The molecule has 0 amide bonds. The molecule has 0 aliphatic rings. The van der Waals surface area contributed by atoms with E-state index in [-0.39, 0.29) is 5.75 Å². The van der Waals surface area contributed by atoms with Gasteiger partial charge in [-0.25, -0.2) is 0 Å². The molecule has 0 aliphatic heterocycles. The maximum atomic E-state index is 12.9. The molecule has 106 valence electrons. The van der Waals surface area contributed by atoms with Gasteiger partial charge in [0.2, 0.25) is 0 Å². The third kappa shape index (κ3) is 3.29. The summed E-state index contributed by atoms with van der Waals surface area (Å²) in [5.74, 6) is -0.184. The highest BCUT2D eigenvalue weighted by Crippen LogP contribution is 2.37. The van der Waals surface area contributed by atoms with Crippen molar-refractivity contribution in [3.63, 3.8) is 0 Å². The Bertz CT molecular complexity index is 567. The van der Waals surface area contributed by atoms with Gasteiger partial charge in [-0.05, 0) is 24.5 Å². The van der Waals surface area contributed by atoms with E-state index in [2.05, 4.69) is 4.98 Å². The van der Waals surface area contributed by atoms with Crippen LogP contribution >= 0.6 is 0 Å². The summed E-state index contributed by atoms with van der Waals surface area (Å²) in [5, 5.41) is 0. The van der Waals surface area contributed by atoms with E-state index in [0.717, 1.165) is 11.6 Å². The van der Waals surface area contributed by atoms with Gasteiger partial charge in [-0.15, -0.1) is 0 Å². The number of ether oxygens (including phenoxy) is 1. The van der Waals surface area contributed by atoms with E-state index >= 15 is 0 Å². The van der Waals surface area contributed by atoms with Crippen molar-refractivity contribution in [3.8, 4) is 5.75 Å². The van der Waals surface area contributed by atoms with Crippen LogP contribution in [0.5, 0.6) is 5.75 Å². The molecule has 0 saturated carbocycles. The zero-order valence-electron chi connectivity index (χ0n) is 10.9. The largest absolute Gasteiger partial charge is 0.494 e. The average molecular weight is 281 g/mol. The van der Waals surface area contributed by atoms with Crippen LogP contribution in [0.3, 0.4) is 0 Å². The molecule has 0 radical (unpaired) electrons. The fourth-order valence-corrected chi connectivity index (χ4v) is 2.03. The molecule has 2 aromatic rings. The summed E-state index contributed by atoms with van der Waals surface area (Å²) in [6.07, 6.45) is -2.25. The van der Waals surface area contributed by atoms with Crippen LogP contribution in [-0.2, 0) is 19.0 Å². The molecule has 0 bridgehead atoms. The lowest BCUT2D eigenvalue weighted by atomic mass is 10.1. The van der Waals surface area contributed by atoms with Crippen LogP contribution in [-0.4, -0.2) is 12.1 Å². The molecule has 5 heteroatoms. The predicted octanol–water partition coefficient (Wildman–Crippen LogP) is 3.89. The van der Waals surface area contributed by atoms with E-state index < -0.39 is 11.7 Å². The average Bonchev–Trinajstić information content (AvgIpc) is 2.44. The van der Waals surface area contributed by atoms with Gasteiger partial charge in [0, 0.05) is 6.20 Å². The van der Waals surface area contributed by atoms with Gasteiger partial charge < -0.3 is 4.74 Å². The van der Waals surface area contributed by atoms with Crippen molar-refractivity contribution in [3.05, 3.63) is 59.4 Å². The van der Waals surface area contributed by atoms with Crippen molar-refractivity contribution in [2.75, 3.05) is 7.11 Å². The minimum Gasteiger partial charge on any atom is -0.494 e. The Morgan fingerprint density at radius 2 is 1.75 bits per heavy atom. The minimum atomic E-state index is -4.43. The lowest BCUT2D eigenvalue weighted by molar-refractivity contribution is -0.138. The summed E-state index contributed by atoms with van der Waals surface area (Å²) in [6, 6.07) is 10.5. The predicted molar refractivity (Wildman–Crippen MR) is 69.6 cm³/mol. The number of alkyl halides is 3. The normalized spacial score (nSPS) is 11.4.